The molecule has 0 amide bonds. The molecule has 0 aromatic heterocycles. The molecule has 2 aromatic carbocycles. The highest BCUT2D eigenvalue weighted by atomic mass is 32.2. The van der Waals surface area contributed by atoms with Gasteiger partial charge in [-0.2, -0.15) is 4.31 Å². The third kappa shape index (κ3) is 4.79. The van der Waals surface area contributed by atoms with Crippen LogP contribution in [-0.4, -0.2) is 50.1 Å². The lowest BCUT2D eigenvalue weighted by Crippen LogP contribution is -2.31. The van der Waals surface area contributed by atoms with Crippen molar-refractivity contribution < 1.29 is 23.1 Å². The van der Waals surface area contributed by atoms with Gasteiger partial charge in [0, 0.05) is 20.0 Å². The van der Waals surface area contributed by atoms with Crippen molar-refractivity contribution in [2.75, 3.05) is 20.2 Å². The van der Waals surface area contributed by atoms with Crippen molar-refractivity contribution >= 4 is 16.0 Å². The molecular formula is C21H25NO5S. The number of hydrogen-bond acceptors (Lipinski definition) is 4. The van der Waals surface area contributed by atoms with Crippen molar-refractivity contribution in [3.63, 3.8) is 0 Å². The minimum absolute atomic E-state index is 0.00349. The second-order valence-corrected chi connectivity index (χ2v) is 9.02. The van der Waals surface area contributed by atoms with Crippen molar-refractivity contribution in [3.8, 4) is 11.1 Å². The second kappa shape index (κ2) is 8.43. The molecule has 0 aliphatic carbocycles. The molecule has 1 fully saturated rings. The molecule has 6 nitrogen and oxygen atoms in total. The lowest BCUT2D eigenvalue weighted by Gasteiger charge is -2.19. The van der Waals surface area contributed by atoms with Gasteiger partial charge in [0.15, 0.2) is 0 Å². The van der Waals surface area contributed by atoms with E-state index in [1.54, 1.807) is 13.1 Å². The molecule has 1 heterocycles. The van der Waals surface area contributed by atoms with Crippen LogP contribution in [0.4, 0.5) is 0 Å². The highest BCUT2D eigenvalue weighted by molar-refractivity contribution is 7.89. The number of epoxide rings is 1. The highest BCUT2D eigenvalue weighted by Gasteiger charge is 2.31. The zero-order valence-corrected chi connectivity index (χ0v) is 16.9. The van der Waals surface area contributed by atoms with E-state index in [0.717, 1.165) is 22.3 Å². The lowest BCUT2D eigenvalue weighted by molar-refractivity contribution is -0.136. The Morgan fingerprint density at radius 2 is 1.82 bits per heavy atom. The first-order valence-electron chi connectivity index (χ1n) is 9.33. The lowest BCUT2D eigenvalue weighted by atomic mass is 10.00. The molecule has 1 saturated heterocycles. The summed E-state index contributed by atoms with van der Waals surface area (Å²) in [6, 6.07) is 13.1. The summed E-state index contributed by atoms with van der Waals surface area (Å²) >= 11 is 0. The summed E-state index contributed by atoms with van der Waals surface area (Å²) in [5.41, 5.74) is 3.65. The van der Waals surface area contributed by atoms with Gasteiger partial charge in [0.05, 0.1) is 17.6 Å². The first kappa shape index (κ1) is 20.5. The van der Waals surface area contributed by atoms with Gasteiger partial charge < -0.3 is 9.84 Å². The number of likely N-dealkylation sites (N-methyl/N-ethyl adjacent to an activating group) is 1. The van der Waals surface area contributed by atoms with Crippen molar-refractivity contribution in [1.82, 2.24) is 4.31 Å². The zero-order valence-electron chi connectivity index (χ0n) is 16.1. The molecule has 3 rings (SSSR count). The smallest absolute Gasteiger partial charge is 0.303 e. The van der Waals surface area contributed by atoms with Crippen molar-refractivity contribution in [1.29, 1.82) is 0 Å². The first-order chi connectivity index (χ1) is 13.3. The van der Waals surface area contributed by atoms with Crippen molar-refractivity contribution in [3.05, 3.63) is 53.6 Å². The number of carboxylic acid groups (broad SMARTS) is 1. The number of aryl methyl sites for hydroxylation is 2. The molecule has 28 heavy (non-hydrogen) atoms. The Kier molecular flexibility index (Phi) is 6.17. The molecule has 1 aliphatic heterocycles. The van der Waals surface area contributed by atoms with Crippen LogP contribution in [0.15, 0.2) is 47.4 Å². The van der Waals surface area contributed by atoms with Gasteiger partial charge in [-0.05, 0) is 47.2 Å². The quantitative estimate of drug-likeness (QED) is 0.651. The fourth-order valence-corrected chi connectivity index (χ4v) is 4.60. The van der Waals surface area contributed by atoms with E-state index < -0.39 is 16.0 Å². The molecule has 0 radical (unpaired) electrons. The molecule has 1 aliphatic rings. The van der Waals surface area contributed by atoms with Gasteiger partial charge in [-0.1, -0.05) is 37.3 Å². The molecule has 2 aromatic rings. The van der Waals surface area contributed by atoms with Gasteiger partial charge in [-0.15, -0.1) is 0 Å². The second-order valence-electron chi connectivity index (χ2n) is 7.01. The summed E-state index contributed by atoms with van der Waals surface area (Å²) in [7, 11) is -1.98. The molecule has 1 N–H and O–H groups in total. The van der Waals surface area contributed by atoms with E-state index in [4.69, 9.17) is 9.84 Å². The van der Waals surface area contributed by atoms with Gasteiger partial charge in [-0.3, -0.25) is 4.79 Å². The van der Waals surface area contributed by atoms with E-state index in [9.17, 15) is 13.2 Å². The Labute approximate surface area is 165 Å². The minimum Gasteiger partial charge on any atom is -0.481 e. The summed E-state index contributed by atoms with van der Waals surface area (Å²) in [4.78, 5) is 11.0. The van der Waals surface area contributed by atoms with Gasteiger partial charge in [0.2, 0.25) is 10.0 Å². The van der Waals surface area contributed by atoms with E-state index in [2.05, 4.69) is 0 Å². The number of sulfonamides is 1. The van der Waals surface area contributed by atoms with Crippen LogP contribution in [0.1, 0.15) is 24.5 Å². The van der Waals surface area contributed by atoms with Crippen LogP contribution in [0.3, 0.4) is 0 Å². The maximum absolute atomic E-state index is 12.9. The maximum atomic E-state index is 12.9. The predicted octanol–water partition coefficient (Wildman–Crippen LogP) is 2.95. The topological polar surface area (TPSA) is 87.2 Å². The van der Waals surface area contributed by atoms with Crippen molar-refractivity contribution in [2.24, 2.45) is 0 Å². The third-order valence-corrected chi connectivity index (χ3v) is 6.83. The Hall–Kier alpha value is -2.22. The monoisotopic (exact) mass is 403 g/mol. The van der Waals surface area contributed by atoms with Gasteiger partial charge in [0.25, 0.3) is 0 Å². The van der Waals surface area contributed by atoms with E-state index in [-0.39, 0.29) is 12.5 Å². The van der Waals surface area contributed by atoms with Gasteiger partial charge >= 0.3 is 5.97 Å². The Bertz CT molecular complexity index is 949. The molecule has 1 atom stereocenters. The minimum atomic E-state index is -3.56. The molecular weight excluding hydrogens is 378 g/mol. The van der Waals surface area contributed by atoms with Crippen LogP contribution in [0, 0.1) is 0 Å². The molecule has 0 spiro atoms. The molecule has 150 valence electrons. The Morgan fingerprint density at radius 3 is 2.39 bits per heavy atom. The van der Waals surface area contributed by atoms with Crippen molar-refractivity contribution in [2.45, 2.75) is 37.2 Å². The first-order valence-corrected chi connectivity index (χ1v) is 10.8. The highest BCUT2D eigenvalue weighted by Crippen LogP contribution is 2.28. The normalized spacial score (nSPS) is 16.3. The average Bonchev–Trinajstić information content (AvgIpc) is 3.50. The largest absolute Gasteiger partial charge is 0.481 e. The summed E-state index contributed by atoms with van der Waals surface area (Å²) in [5, 5.41) is 8.79. The van der Waals surface area contributed by atoms with Crippen LogP contribution in [0.25, 0.3) is 11.1 Å². The third-order valence-electron chi connectivity index (χ3n) is 4.91. The van der Waals surface area contributed by atoms with Crippen LogP contribution in [-0.2, 0) is 32.4 Å². The maximum Gasteiger partial charge on any atom is 0.303 e. The SMILES string of the molecule is CCc1cc(-c2ccc(CCC(=O)O)cc2)ccc1S(=O)(=O)N(C)CC1CO1. The molecule has 0 bridgehead atoms. The fourth-order valence-electron chi connectivity index (χ4n) is 3.13. The number of carbonyl (C=O) groups is 1. The predicted molar refractivity (Wildman–Crippen MR) is 107 cm³/mol. The van der Waals surface area contributed by atoms with Crippen LogP contribution in [0.2, 0.25) is 0 Å². The standard InChI is InChI=1S/C21H25NO5S/c1-3-16-12-18(17-7-4-15(5-8-17)6-11-21(23)24)9-10-20(16)28(25,26)22(2)13-19-14-27-19/h4-5,7-10,12,19H,3,6,11,13-14H2,1-2H3,(H,23,24). The summed E-state index contributed by atoms with van der Waals surface area (Å²) in [5.74, 6) is -0.813. The summed E-state index contributed by atoms with van der Waals surface area (Å²) in [6.45, 7) is 2.92. The van der Waals surface area contributed by atoms with E-state index >= 15 is 0 Å². The number of nitrogens with zero attached hydrogens (tertiary/aromatic N) is 1. The molecule has 1 unspecified atom stereocenters. The van der Waals surface area contributed by atoms with Crippen LogP contribution < -0.4 is 0 Å². The fraction of sp³-hybridized carbons (Fsp3) is 0.381. The number of benzene rings is 2. The average molecular weight is 404 g/mol. The Morgan fingerprint density at radius 1 is 1.18 bits per heavy atom. The van der Waals surface area contributed by atoms with E-state index in [1.165, 1.54) is 4.31 Å². The van der Waals surface area contributed by atoms with Crippen LogP contribution in [0.5, 0.6) is 0 Å². The number of carboxylic acids is 1. The van der Waals surface area contributed by atoms with E-state index in [0.29, 0.717) is 30.9 Å². The van der Waals surface area contributed by atoms with Gasteiger partial charge in [-0.25, -0.2) is 8.42 Å². The number of rotatable bonds is 9. The zero-order chi connectivity index (χ0) is 20.3. The van der Waals surface area contributed by atoms with Crippen LogP contribution >= 0.6 is 0 Å². The summed E-state index contributed by atoms with van der Waals surface area (Å²) in [6.07, 6.45) is 1.20. The number of hydrogen-bond donors (Lipinski definition) is 1. The summed E-state index contributed by atoms with van der Waals surface area (Å²) < 4.78 is 32.3. The number of ether oxygens (including phenoxy) is 1. The van der Waals surface area contributed by atoms with Gasteiger partial charge in [0.1, 0.15) is 0 Å². The molecule has 7 heteroatoms. The number of aliphatic carboxylic acids is 1. The Balaban J connectivity index is 1.83. The van der Waals surface area contributed by atoms with E-state index in [1.807, 2.05) is 43.3 Å². The molecule has 0 saturated carbocycles.